The lowest BCUT2D eigenvalue weighted by Gasteiger charge is -2.26. The third kappa shape index (κ3) is 4.58. The van der Waals surface area contributed by atoms with Gasteiger partial charge in [-0.05, 0) is 69.2 Å². The molecule has 7 nitrogen and oxygen atoms in total. The number of imidazole rings is 1. The zero-order valence-corrected chi connectivity index (χ0v) is 21.3. The molecule has 1 unspecified atom stereocenters. The molecule has 0 spiro atoms. The van der Waals surface area contributed by atoms with Gasteiger partial charge < -0.3 is 19.3 Å². The number of pyridine rings is 1. The number of hydrogen-bond acceptors (Lipinski definition) is 5. The molecule has 4 rings (SSSR count). The molecule has 1 aromatic carbocycles. The molecule has 0 saturated carbocycles. The third-order valence-electron chi connectivity index (χ3n) is 6.78. The smallest absolute Gasteiger partial charge is 0.295 e. The second-order valence-electron chi connectivity index (χ2n) is 8.86. The monoisotopic (exact) mass is 494 g/mol. The second kappa shape index (κ2) is 10.2. The predicted octanol–water partition coefficient (Wildman–Crippen LogP) is 4.76. The van der Waals surface area contributed by atoms with Gasteiger partial charge in [0.1, 0.15) is 11.3 Å². The summed E-state index contributed by atoms with van der Waals surface area (Å²) < 4.78 is 1.87. The number of aromatic nitrogens is 2. The molecule has 1 N–H and O–H groups in total. The zero-order valence-electron chi connectivity index (χ0n) is 20.6. The Balaban J connectivity index is 1.82. The van der Waals surface area contributed by atoms with E-state index in [4.69, 9.17) is 11.6 Å². The predicted molar refractivity (Wildman–Crippen MR) is 138 cm³/mol. The van der Waals surface area contributed by atoms with Gasteiger partial charge in [0.05, 0.1) is 17.3 Å². The third-order valence-corrected chi connectivity index (χ3v) is 7.02. The van der Waals surface area contributed by atoms with Gasteiger partial charge in [-0.1, -0.05) is 43.6 Å². The summed E-state index contributed by atoms with van der Waals surface area (Å²) >= 11 is 6.28. The first-order valence-electron chi connectivity index (χ1n) is 12.0. The molecule has 1 atom stereocenters. The minimum atomic E-state index is -0.740. The number of nitrogens with zero attached hydrogens (tertiary/aromatic N) is 4. The van der Waals surface area contributed by atoms with E-state index in [1.54, 1.807) is 23.1 Å². The van der Waals surface area contributed by atoms with Crippen molar-refractivity contribution in [3.05, 3.63) is 75.7 Å². The molecule has 0 radical (unpaired) electrons. The molecular weight excluding hydrogens is 464 g/mol. The van der Waals surface area contributed by atoms with Crippen LogP contribution in [0.25, 0.3) is 11.4 Å². The number of amides is 1. The van der Waals surface area contributed by atoms with Crippen molar-refractivity contribution in [3.63, 3.8) is 0 Å². The number of rotatable bonds is 8. The Morgan fingerprint density at radius 3 is 2.54 bits per heavy atom. The van der Waals surface area contributed by atoms with E-state index >= 15 is 0 Å². The quantitative estimate of drug-likeness (QED) is 0.277. The van der Waals surface area contributed by atoms with Crippen molar-refractivity contribution in [1.29, 1.82) is 0 Å². The van der Waals surface area contributed by atoms with Gasteiger partial charge in [0, 0.05) is 17.8 Å². The van der Waals surface area contributed by atoms with Crippen molar-refractivity contribution in [2.24, 2.45) is 0 Å². The number of aryl methyl sites for hydroxylation is 2. The van der Waals surface area contributed by atoms with Gasteiger partial charge in [-0.15, -0.1) is 0 Å². The van der Waals surface area contributed by atoms with Crippen LogP contribution in [0.5, 0.6) is 0 Å². The lowest BCUT2D eigenvalue weighted by atomic mass is 9.96. The molecule has 0 aliphatic carbocycles. The highest BCUT2D eigenvalue weighted by Crippen LogP contribution is 2.40. The Kier molecular flexibility index (Phi) is 7.28. The fourth-order valence-electron chi connectivity index (χ4n) is 4.81. The molecule has 3 aromatic rings. The summed E-state index contributed by atoms with van der Waals surface area (Å²) in [5.41, 5.74) is 3.35. The maximum absolute atomic E-state index is 13.3. The SMILES string of the molecule is CCN(CC)CCCN1C(=O)C(=O)C(=C(O)c2nc3c(C)cccn3c2C)C1c1cccc(Cl)c1. The van der Waals surface area contributed by atoms with E-state index in [2.05, 4.69) is 23.7 Å². The van der Waals surface area contributed by atoms with Crippen LogP contribution >= 0.6 is 11.6 Å². The average Bonchev–Trinajstić information content (AvgIpc) is 3.31. The second-order valence-corrected chi connectivity index (χ2v) is 9.29. The molecule has 1 amide bonds. The highest BCUT2D eigenvalue weighted by atomic mass is 35.5. The topological polar surface area (TPSA) is 78.2 Å². The lowest BCUT2D eigenvalue weighted by Crippen LogP contribution is -2.33. The van der Waals surface area contributed by atoms with Gasteiger partial charge in [-0.2, -0.15) is 0 Å². The first-order chi connectivity index (χ1) is 16.8. The molecule has 1 aliphatic rings. The summed E-state index contributed by atoms with van der Waals surface area (Å²) in [5, 5.41) is 11.9. The number of likely N-dealkylation sites (tertiary alicyclic amines) is 1. The molecular formula is C27H31ClN4O3. The lowest BCUT2D eigenvalue weighted by molar-refractivity contribution is -0.140. The maximum atomic E-state index is 13.3. The number of halogens is 1. The van der Waals surface area contributed by atoms with Gasteiger partial charge in [0.2, 0.25) is 0 Å². The number of Topliss-reactive ketones (excluding diaryl/α,β-unsaturated/α-hetero) is 1. The molecule has 8 heteroatoms. The molecule has 1 fully saturated rings. The molecule has 1 aliphatic heterocycles. The van der Waals surface area contributed by atoms with E-state index < -0.39 is 17.7 Å². The Labute approximate surface area is 210 Å². The van der Waals surface area contributed by atoms with Crippen LogP contribution in [0.4, 0.5) is 0 Å². The Morgan fingerprint density at radius 1 is 1.14 bits per heavy atom. The van der Waals surface area contributed by atoms with E-state index in [0.717, 1.165) is 25.2 Å². The fourth-order valence-corrected chi connectivity index (χ4v) is 5.01. The van der Waals surface area contributed by atoms with Crippen LogP contribution < -0.4 is 0 Å². The van der Waals surface area contributed by atoms with E-state index in [1.165, 1.54) is 0 Å². The summed E-state index contributed by atoms with van der Waals surface area (Å²) in [7, 11) is 0. The number of aliphatic hydroxyl groups is 1. The fraction of sp³-hybridized carbons (Fsp3) is 0.370. The largest absolute Gasteiger partial charge is 0.505 e. The summed E-state index contributed by atoms with van der Waals surface area (Å²) in [4.78, 5) is 35.0. The van der Waals surface area contributed by atoms with Crippen molar-refractivity contribution in [2.75, 3.05) is 26.2 Å². The van der Waals surface area contributed by atoms with Gasteiger partial charge in [0.15, 0.2) is 5.76 Å². The van der Waals surface area contributed by atoms with Crippen LogP contribution in [0.2, 0.25) is 5.02 Å². The van der Waals surface area contributed by atoms with E-state index in [0.29, 0.717) is 40.6 Å². The summed E-state index contributed by atoms with van der Waals surface area (Å²) in [6.45, 7) is 11.0. The molecule has 1 saturated heterocycles. The number of carbonyl (C=O) groups excluding carboxylic acids is 2. The molecule has 3 heterocycles. The van der Waals surface area contributed by atoms with Crippen molar-refractivity contribution in [2.45, 2.75) is 40.2 Å². The minimum Gasteiger partial charge on any atom is -0.505 e. The van der Waals surface area contributed by atoms with Crippen molar-refractivity contribution in [3.8, 4) is 0 Å². The molecule has 35 heavy (non-hydrogen) atoms. The maximum Gasteiger partial charge on any atom is 0.295 e. The van der Waals surface area contributed by atoms with Crippen LogP contribution in [-0.4, -0.2) is 62.2 Å². The molecule has 2 aromatic heterocycles. The normalized spacial score (nSPS) is 17.8. The van der Waals surface area contributed by atoms with Gasteiger partial charge in [-0.3, -0.25) is 9.59 Å². The van der Waals surface area contributed by atoms with Crippen LogP contribution in [0.1, 0.15) is 48.8 Å². The standard InChI is InChI=1S/C27H31ClN4O3/c1-5-30(6-2)13-9-15-32-23(19-11-7-12-20(28)16-19)21(25(34)27(32)35)24(33)22-18(4)31-14-8-10-17(3)26(31)29-22/h7-8,10-12,14,16,23,33H,5-6,9,13,15H2,1-4H3. The summed E-state index contributed by atoms with van der Waals surface area (Å²) in [6, 6.07) is 10.2. The number of ketones is 1. The molecule has 0 bridgehead atoms. The molecule has 184 valence electrons. The number of aliphatic hydroxyl groups excluding tert-OH is 1. The first kappa shape index (κ1) is 24.9. The van der Waals surface area contributed by atoms with E-state index in [-0.39, 0.29) is 11.3 Å². The first-order valence-corrected chi connectivity index (χ1v) is 12.4. The zero-order chi connectivity index (χ0) is 25.3. The summed E-state index contributed by atoms with van der Waals surface area (Å²) in [5.74, 6) is -1.59. The average molecular weight is 495 g/mol. The Bertz CT molecular complexity index is 1310. The van der Waals surface area contributed by atoms with Crippen molar-refractivity contribution in [1.82, 2.24) is 19.2 Å². The highest BCUT2D eigenvalue weighted by molar-refractivity contribution is 6.46. The minimum absolute atomic E-state index is 0.0456. The van der Waals surface area contributed by atoms with Gasteiger partial charge >= 0.3 is 0 Å². The number of hydrogen-bond donors (Lipinski definition) is 1. The summed E-state index contributed by atoms with van der Waals surface area (Å²) in [6.07, 6.45) is 2.57. The van der Waals surface area contributed by atoms with Crippen molar-refractivity contribution >= 4 is 34.7 Å². The highest BCUT2D eigenvalue weighted by Gasteiger charge is 2.46. The Hall–Kier alpha value is -3.16. The van der Waals surface area contributed by atoms with Crippen molar-refractivity contribution < 1.29 is 14.7 Å². The van der Waals surface area contributed by atoms with Crippen LogP contribution in [0.3, 0.4) is 0 Å². The number of fused-ring (bicyclic) bond motifs is 1. The number of benzene rings is 1. The van der Waals surface area contributed by atoms with Gasteiger partial charge in [0.25, 0.3) is 11.7 Å². The van der Waals surface area contributed by atoms with Gasteiger partial charge in [-0.25, -0.2) is 4.98 Å². The van der Waals surface area contributed by atoms with Crippen LogP contribution in [0.15, 0.2) is 48.2 Å². The Morgan fingerprint density at radius 2 is 1.89 bits per heavy atom. The number of carbonyl (C=O) groups is 2. The van der Waals surface area contributed by atoms with E-state index in [9.17, 15) is 14.7 Å². The van der Waals surface area contributed by atoms with Crippen LogP contribution in [-0.2, 0) is 9.59 Å². The van der Waals surface area contributed by atoms with Crippen LogP contribution in [0, 0.1) is 13.8 Å². The van der Waals surface area contributed by atoms with E-state index in [1.807, 2.05) is 42.6 Å².